The van der Waals surface area contributed by atoms with Gasteiger partial charge in [0, 0.05) is 17.1 Å². The molecule has 2 aromatic rings. The zero-order valence-corrected chi connectivity index (χ0v) is 19.3. The molecule has 1 fully saturated rings. The number of amides is 2. The Bertz CT molecular complexity index is 1080. The van der Waals surface area contributed by atoms with Gasteiger partial charge in [-0.05, 0) is 41.6 Å². The van der Waals surface area contributed by atoms with Gasteiger partial charge in [-0.1, -0.05) is 34.1 Å². The molecule has 0 atom stereocenters. The standard InChI is InChI=1S/C22H19BrN2O5S/c1-28-8-7-25-21(26)20(31-22(25)27)10-16-9-18(29-2)19(11-17(16)23)30-13-15-6-4-3-5-14(15)12-24/h3-6,9-11H,7-8,13H2,1-2H3/b20-10+. The van der Waals surface area contributed by atoms with Gasteiger partial charge in [-0.3, -0.25) is 14.5 Å². The first-order valence-electron chi connectivity index (χ1n) is 9.21. The molecule has 0 bridgehead atoms. The Morgan fingerprint density at radius 2 is 1.97 bits per heavy atom. The Balaban J connectivity index is 1.83. The highest BCUT2D eigenvalue weighted by atomic mass is 79.9. The molecular formula is C22H19BrN2O5S. The summed E-state index contributed by atoms with van der Waals surface area (Å²) in [6.07, 6.45) is 1.64. The van der Waals surface area contributed by atoms with Gasteiger partial charge in [0.1, 0.15) is 6.61 Å². The van der Waals surface area contributed by atoms with Gasteiger partial charge in [0.25, 0.3) is 11.1 Å². The molecule has 0 radical (unpaired) electrons. The third-order valence-electron chi connectivity index (χ3n) is 4.48. The Labute approximate surface area is 192 Å². The van der Waals surface area contributed by atoms with Gasteiger partial charge >= 0.3 is 0 Å². The van der Waals surface area contributed by atoms with Gasteiger partial charge in [0.15, 0.2) is 11.5 Å². The summed E-state index contributed by atoms with van der Waals surface area (Å²) in [7, 11) is 3.03. The average molecular weight is 503 g/mol. The maximum atomic E-state index is 12.5. The molecule has 2 aromatic carbocycles. The maximum Gasteiger partial charge on any atom is 0.293 e. The highest BCUT2D eigenvalue weighted by molar-refractivity contribution is 9.10. The molecule has 0 aliphatic carbocycles. The predicted molar refractivity (Wildman–Crippen MR) is 121 cm³/mol. The fourth-order valence-corrected chi connectivity index (χ4v) is 4.15. The largest absolute Gasteiger partial charge is 0.493 e. The summed E-state index contributed by atoms with van der Waals surface area (Å²) in [5.41, 5.74) is 1.97. The smallest absolute Gasteiger partial charge is 0.293 e. The van der Waals surface area contributed by atoms with Crippen LogP contribution in [0, 0.1) is 11.3 Å². The molecule has 2 amide bonds. The number of carbonyl (C=O) groups excluding carboxylic acids is 2. The van der Waals surface area contributed by atoms with Crippen LogP contribution in [-0.4, -0.2) is 43.4 Å². The number of imide groups is 1. The van der Waals surface area contributed by atoms with Gasteiger partial charge in [0.2, 0.25) is 0 Å². The molecule has 1 heterocycles. The number of ether oxygens (including phenoxy) is 3. The minimum Gasteiger partial charge on any atom is -0.493 e. The molecule has 3 rings (SSSR count). The number of nitriles is 1. The number of benzene rings is 2. The van der Waals surface area contributed by atoms with Crippen LogP contribution in [0.3, 0.4) is 0 Å². The maximum absolute atomic E-state index is 12.5. The SMILES string of the molecule is COCCN1C(=O)S/C(=C/c2cc(OC)c(OCc3ccccc3C#N)cc2Br)C1=O. The van der Waals surface area contributed by atoms with Crippen molar-refractivity contribution in [2.24, 2.45) is 0 Å². The first-order chi connectivity index (χ1) is 15.0. The normalized spacial score (nSPS) is 14.8. The summed E-state index contributed by atoms with van der Waals surface area (Å²) < 4.78 is 17.0. The second-order valence-electron chi connectivity index (χ2n) is 6.41. The van der Waals surface area contributed by atoms with E-state index in [0.29, 0.717) is 32.0 Å². The summed E-state index contributed by atoms with van der Waals surface area (Å²) in [6.45, 7) is 0.689. The second kappa shape index (κ2) is 10.5. The van der Waals surface area contributed by atoms with Crippen molar-refractivity contribution in [2.45, 2.75) is 6.61 Å². The first kappa shape index (κ1) is 22.9. The number of methoxy groups -OCH3 is 2. The van der Waals surface area contributed by atoms with Crippen LogP contribution < -0.4 is 9.47 Å². The summed E-state index contributed by atoms with van der Waals surface area (Å²) >= 11 is 4.38. The van der Waals surface area contributed by atoms with E-state index in [9.17, 15) is 14.9 Å². The topological polar surface area (TPSA) is 88.9 Å². The molecule has 7 nitrogen and oxygen atoms in total. The van der Waals surface area contributed by atoms with Crippen LogP contribution in [0.4, 0.5) is 4.79 Å². The average Bonchev–Trinajstić information content (AvgIpc) is 3.04. The lowest BCUT2D eigenvalue weighted by Gasteiger charge is -2.14. The van der Waals surface area contributed by atoms with Crippen molar-refractivity contribution in [3.8, 4) is 17.6 Å². The van der Waals surface area contributed by atoms with Crippen molar-refractivity contribution in [2.75, 3.05) is 27.4 Å². The number of hydrogen-bond donors (Lipinski definition) is 0. The van der Waals surface area contributed by atoms with Crippen molar-refractivity contribution >= 4 is 44.9 Å². The Hall–Kier alpha value is -2.80. The zero-order valence-electron chi connectivity index (χ0n) is 16.9. The molecule has 1 saturated heterocycles. The highest BCUT2D eigenvalue weighted by Crippen LogP contribution is 2.38. The fraction of sp³-hybridized carbons (Fsp3) is 0.227. The molecular weight excluding hydrogens is 484 g/mol. The Morgan fingerprint density at radius 1 is 1.19 bits per heavy atom. The summed E-state index contributed by atoms with van der Waals surface area (Å²) in [5, 5.41) is 8.90. The molecule has 0 N–H and O–H groups in total. The monoisotopic (exact) mass is 502 g/mol. The molecule has 0 saturated carbocycles. The summed E-state index contributed by atoms with van der Waals surface area (Å²) in [6, 6.07) is 12.8. The molecule has 0 spiro atoms. The van der Waals surface area contributed by atoms with Crippen molar-refractivity contribution in [3.05, 3.63) is 62.5 Å². The first-order valence-corrected chi connectivity index (χ1v) is 10.8. The van der Waals surface area contributed by atoms with E-state index < -0.39 is 0 Å². The second-order valence-corrected chi connectivity index (χ2v) is 8.26. The number of nitrogens with zero attached hydrogens (tertiary/aromatic N) is 2. The third kappa shape index (κ3) is 5.28. The molecule has 0 aromatic heterocycles. The number of hydrogen-bond acceptors (Lipinski definition) is 7. The van der Waals surface area contributed by atoms with E-state index in [4.69, 9.17) is 14.2 Å². The van der Waals surface area contributed by atoms with E-state index in [1.807, 2.05) is 12.1 Å². The van der Waals surface area contributed by atoms with Crippen molar-refractivity contribution in [3.63, 3.8) is 0 Å². The van der Waals surface area contributed by atoms with Crippen LogP contribution in [0.1, 0.15) is 16.7 Å². The predicted octanol–water partition coefficient (Wildman–Crippen LogP) is 4.59. The van der Waals surface area contributed by atoms with Gasteiger partial charge in [-0.25, -0.2) is 0 Å². The van der Waals surface area contributed by atoms with Crippen LogP contribution in [0.25, 0.3) is 6.08 Å². The van der Waals surface area contributed by atoms with Gasteiger partial charge in [-0.2, -0.15) is 5.26 Å². The lowest BCUT2D eigenvalue weighted by atomic mass is 10.1. The van der Waals surface area contributed by atoms with Gasteiger partial charge < -0.3 is 14.2 Å². The minimum atomic E-state index is -0.355. The van der Waals surface area contributed by atoms with Gasteiger partial charge in [0.05, 0.1) is 36.8 Å². The lowest BCUT2D eigenvalue weighted by Crippen LogP contribution is -2.31. The molecule has 0 unspecified atom stereocenters. The van der Waals surface area contributed by atoms with Crippen LogP contribution in [0.15, 0.2) is 45.8 Å². The molecule has 31 heavy (non-hydrogen) atoms. The molecule has 9 heteroatoms. The number of halogens is 1. The van der Waals surface area contributed by atoms with Crippen LogP contribution >= 0.6 is 27.7 Å². The van der Waals surface area contributed by atoms with E-state index in [1.54, 1.807) is 30.3 Å². The lowest BCUT2D eigenvalue weighted by molar-refractivity contribution is -0.123. The highest BCUT2D eigenvalue weighted by Gasteiger charge is 2.34. The van der Waals surface area contributed by atoms with E-state index in [-0.39, 0.29) is 30.9 Å². The van der Waals surface area contributed by atoms with Crippen LogP contribution in [0.5, 0.6) is 11.5 Å². The van der Waals surface area contributed by atoms with Gasteiger partial charge in [-0.15, -0.1) is 0 Å². The van der Waals surface area contributed by atoms with E-state index in [2.05, 4.69) is 22.0 Å². The van der Waals surface area contributed by atoms with Crippen molar-refractivity contribution < 1.29 is 23.8 Å². The Morgan fingerprint density at radius 3 is 2.68 bits per heavy atom. The molecule has 1 aliphatic rings. The van der Waals surface area contributed by atoms with E-state index >= 15 is 0 Å². The quantitative estimate of drug-likeness (QED) is 0.487. The number of rotatable bonds is 8. The third-order valence-corrected chi connectivity index (χ3v) is 6.08. The number of carbonyl (C=O) groups is 2. The van der Waals surface area contributed by atoms with Crippen LogP contribution in [-0.2, 0) is 16.1 Å². The Kier molecular flexibility index (Phi) is 7.74. The number of thioether (sulfide) groups is 1. The van der Waals surface area contributed by atoms with E-state index in [1.165, 1.54) is 14.2 Å². The zero-order chi connectivity index (χ0) is 22.4. The minimum absolute atomic E-state index is 0.199. The van der Waals surface area contributed by atoms with Crippen molar-refractivity contribution in [1.82, 2.24) is 4.90 Å². The summed E-state index contributed by atoms with van der Waals surface area (Å²) in [5.74, 6) is 0.585. The summed E-state index contributed by atoms with van der Waals surface area (Å²) in [4.78, 5) is 26.1. The fourth-order valence-electron chi connectivity index (χ4n) is 2.86. The molecule has 160 valence electrons. The van der Waals surface area contributed by atoms with E-state index in [0.717, 1.165) is 22.2 Å². The van der Waals surface area contributed by atoms with Crippen LogP contribution in [0.2, 0.25) is 0 Å². The molecule has 1 aliphatic heterocycles. The van der Waals surface area contributed by atoms with Crippen molar-refractivity contribution in [1.29, 1.82) is 5.26 Å².